The van der Waals surface area contributed by atoms with Crippen LogP contribution >= 0.6 is 31.9 Å². The van der Waals surface area contributed by atoms with E-state index in [-0.39, 0.29) is 5.82 Å². The molecule has 0 saturated carbocycles. The summed E-state index contributed by atoms with van der Waals surface area (Å²) in [6.07, 6.45) is 1.61. The SMILES string of the molecule is Fc1ccc(Br)c(-c2nccc(Br)n2)c1. The number of halogens is 3. The minimum absolute atomic E-state index is 0.309. The molecule has 0 fully saturated rings. The second-order valence-electron chi connectivity index (χ2n) is 2.83. The van der Waals surface area contributed by atoms with Crippen molar-refractivity contribution in [3.8, 4) is 11.4 Å². The summed E-state index contributed by atoms with van der Waals surface area (Å²) in [4.78, 5) is 8.23. The van der Waals surface area contributed by atoms with Gasteiger partial charge < -0.3 is 0 Å². The van der Waals surface area contributed by atoms with Crippen molar-refractivity contribution >= 4 is 31.9 Å². The summed E-state index contributed by atoms with van der Waals surface area (Å²) >= 11 is 6.57. The third kappa shape index (κ3) is 2.41. The first kappa shape index (κ1) is 10.7. The van der Waals surface area contributed by atoms with E-state index in [1.165, 1.54) is 12.1 Å². The molecule has 2 aromatic rings. The third-order valence-corrected chi connectivity index (χ3v) is 2.92. The van der Waals surface area contributed by atoms with Crippen molar-refractivity contribution in [1.82, 2.24) is 9.97 Å². The second-order valence-corrected chi connectivity index (χ2v) is 4.49. The lowest BCUT2D eigenvalue weighted by Gasteiger charge is -2.03. The average molecular weight is 332 g/mol. The molecule has 0 amide bonds. The Morgan fingerprint density at radius 2 is 1.93 bits per heavy atom. The summed E-state index contributed by atoms with van der Waals surface area (Å²) in [6, 6.07) is 6.13. The van der Waals surface area contributed by atoms with E-state index in [1.54, 1.807) is 18.3 Å². The normalized spacial score (nSPS) is 10.3. The highest BCUT2D eigenvalue weighted by Gasteiger charge is 2.07. The van der Waals surface area contributed by atoms with E-state index in [4.69, 9.17) is 0 Å². The first-order valence-corrected chi connectivity index (χ1v) is 5.69. The van der Waals surface area contributed by atoms with Gasteiger partial charge in [-0.25, -0.2) is 14.4 Å². The summed E-state index contributed by atoms with van der Waals surface area (Å²) < 4.78 is 14.5. The van der Waals surface area contributed by atoms with Crippen LogP contribution in [0.4, 0.5) is 4.39 Å². The van der Waals surface area contributed by atoms with Gasteiger partial charge in [-0.1, -0.05) is 15.9 Å². The average Bonchev–Trinajstić information content (AvgIpc) is 2.22. The van der Waals surface area contributed by atoms with E-state index >= 15 is 0 Å². The maximum absolute atomic E-state index is 13.0. The zero-order valence-electron chi connectivity index (χ0n) is 7.42. The van der Waals surface area contributed by atoms with Gasteiger partial charge in [0.15, 0.2) is 5.82 Å². The Morgan fingerprint density at radius 1 is 1.13 bits per heavy atom. The summed E-state index contributed by atoms with van der Waals surface area (Å²) in [6.45, 7) is 0. The number of hydrogen-bond donors (Lipinski definition) is 0. The molecule has 1 aromatic heterocycles. The maximum Gasteiger partial charge on any atom is 0.161 e. The smallest absolute Gasteiger partial charge is 0.161 e. The van der Waals surface area contributed by atoms with Gasteiger partial charge in [-0.05, 0) is 40.2 Å². The Bertz CT molecular complexity index is 503. The highest BCUT2D eigenvalue weighted by Crippen LogP contribution is 2.26. The van der Waals surface area contributed by atoms with Gasteiger partial charge in [0.1, 0.15) is 10.4 Å². The maximum atomic E-state index is 13.0. The number of benzene rings is 1. The van der Waals surface area contributed by atoms with Gasteiger partial charge in [0.05, 0.1) is 0 Å². The first-order chi connectivity index (χ1) is 7.16. The van der Waals surface area contributed by atoms with Crippen LogP contribution in [0.2, 0.25) is 0 Å². The van der Waals surface area contributed by atoms with Crippen molar-refractivity contribution in [2.24, 2.45) is 0 Å². The molecule has 15 heavy (non-hydrogen) atoms. The van der Waals surface area contributed by atoms with Crippen LogP contribution in [0.25, 0.3) is 11.4 Å². The monoisotopic (exact) mass is 330 g/mol. The first-order valence-electron chi connectivity index (χ1n) is 4.11. The van der Waals surface area contributed by atoms with Gasteiger partial charge in [0.2, 0.25) is 0 Å². The summed E-state index contributed by atoms with van der Waals surface area (Å²) in [5.41, 5.74) is 0.635. The quantitative estimate of drug-likeness (QED) is 0.743. The van der Waals surface area contributed by atoms with Crippen molar-refractivity contribution in [1.29, 1.82) is 0 Å². The van der Waals surface area contributed by atoms with Crippen molar-refractivity contribution < 1.29 is 4.39 Å². The van der Waals surface area contributed by atoms with Gasteiger partial charge >= 0.3 is 0 Å². The molecule has 0 aliphatic carbocycles. The van der Waals surface area contributed by atoms with Crippen molar-refractivity contribution in [2.75, 3.05) is 0 Å². The minimum atomic E-state index is -0.309. The highest BCUT2D eigenvalue weighted by molar-refractivity contribution is 9.10. The van der Waals surface area contributed by atoms with Crippen LogP contribution < -0.4 is 0 Å². The number of rotatable bonds is 1. The lowest BCUT2D eigenvalue weighted by molar-refractivity contribution is 0.628. The summed E-state index contributed by atoms with van der Waals surface area (Å²) in [5, 5.41) is 0. The van der Waals surface area contributed by atoms with Crippen LogP contribution in [0.5, 0.6) is 0 Å². The van der Waals surface area contributed by atoms with Gasteiger partial charge in [0.25, 0.3) is 0 Å². The van der Waals surface area contributed by atoms with E-state index in [9.17, 15) is 4.39 Å². The Balaban J connectivity index is 2.58. The molecule has 0 bridgehead atoms. The minimum Gasteiger partial charge on any atom is -0.236 e. The number of aromatic nitrogens is 2. The van der Waals surface area contributed by atoms with Crippen molar-refractivity contribution in [3.05, 3.63) is 45.4 Å². The molecule has 1 aromatic carbocycles. The van der Waals surface area contributed by atoms with E-state index < -0.39 is 0 Å². The summed E-state index contributed by atoms with van der Waals surface area (Å²) in [7, 11) is 0. The van der Waals surface area contributed by atoms with Gasteiger partial charge in [-0.3, -0.25) is 0 Å². The van der Waals surface area contributed by atoms with Crippen LogP contribution in [-0.4, -0.2) is 9.97 Å². The summed E-state index contributed by atoms with van der Waals surface area (Å²) in [5.74, 6) is 0.174. The Hall–Kier alpha value is -0.810. The molecule has 2 rings (SSSR count). The van der Waals surface area contributed by atoms with Gasteiger partial charge in [-0.2, -0.15) is 0 Å². The molecular weight excluding hydrogens is 327 g/mol. The molecule has 0 saturated heterocycles. The molecule has 76 valence electrons. The van der Waals surface area contributed by atoms with E-state index in [1.807, 2.05) is 0 Å². The largest absolute Gasteiger partial charge is 0.236 e. The zero-order chi connectivity index (χ0) is 10.8. The lowest BCUT2D eigenvalue weighted by atomic mass is 10.2. The molecule has 0 unspecified atom stereocenters. The van der Waals surface area contributed by atoms with Gasteiger partial charge in [-0.15, -0.1) is 0 Å². The van der Waals surface area contributed by atoms with Crippen LogP contribution in [-0.2, 0) is 0 Å². The fourth-order valence-electron chi connectivity index (χ4n) is 1.14. The molecule has 0 aliphatic heterocycles. The fourth-order valence-corrected chi connectivity index (χ4v) is 1.85. The predicted octanol–water partition coefficient (Wildman–Crippen LogP) is 3.81. The Morgan fingerprint density at radius 3 is 2.67 bits per heavy atom. The number of hydrogen-bond acceptors (Lipinski definition) is 2. The molecular formula is C10H5Br2FN2. The highest BCUT2D eigenvalue weighted by atomic mass is 79.9. The zero-order valence-corrected chi connectivity index (χ0v) is 10.6. The molecule has 5 heteroatoms. The molecule has 0 radical (unpaired) electrons. The van der Waals surface area contributed by atoms with Gasteiger partial charge in [0, 0.05) is 16.2 Å². The molecule has 0 aliphatic rings. The van der Waals surface area contributed by atoms with Crippen molar-refractivity contribution in [2.45, 2.75) is 0 Å². The Labute approximate surface area is 103 Å². The van der Waals surface area contributed by atoms with Crippen LogP contribution in [0.1, 0.15) is 0 Å². The van der Waals surface area contributed by atoms with E-state index in [0.717, 1.165) is 4.47 Å². The molecule has 0 N–H and O–H groups in total. The predicted molar refractivity (Wildman–Crippen MR) is 62.8 cm³/mol. The van der Waals surface area contributed by atoms with Crippen LogP contribution in [0.3, 0.4) is 0 Å². The molecule has 0 atom stereocenters. The van der Waals surface area contributed by atoms with E-state index in [2.05, 4.69) is 41.8 Å². The Kier molecular flexibility index (Phi) is 3.11. The molecule has 1 heterocycles. The third-order valence-electron chi connectivity index (χ3n) is 1.79. The lowest BCUT2D eigenvalue weighted by Crippen LogP contribution is -1.90. The van der Waals surface area contributed by atoms with E-state index in [0.29, 0.717) is 16.0 Å². The van der Waals surface area contributed by atoms with Crippen LogP contribution in [0, 0.1) is 5.82 Å². The second kappa shape index (κ2) is 4.37. The fraction of sp³-hybridized carbons (Fsp3) is 0. The topological polar surface area (TPSA) is 25.8 Å². The van der Waals surface area contributed by atoms with Crippen LogP contribution in [0.15, 0.2) is 39.5 Å². The van der Waals surface area contributed by atoms with Crippen molar-refractivity contribution in [3.63, 3.8) is 0 Å². The number of nitrogens with zero attached hydrogens (tertiary/aromatic N) is 2. The molecule has 2 nitrogen and oxygen atoms in total. The standard InChI is InChI=1S/C10H5Br2FN2/c11-8-2-1-6(13)5-7(8)10-14-4-3-9(12)15-10/h1-5H. The molecule has 0 spiro atoms.